The van der Waals surface area contributed by atoms with Crippen LogP contribution in [-0.4, -0.2) is 12.2 Å². The molecule has 0 radical (unpaired) electrons. The molecule has 4 heteroatoms. The third-order valence-corrected chi connectivity index (χ3v) is 0.891. The highest BCUT2D eigenvalue weighted by Crippen LogP contribution is 2.19. The van der Waals surface area contributed by atoms with Gasteiger partial charge >= 0.3 is 6.18 Å². The maximum Gasteiger partial charge on any atom is 0.407 e. The van der Waals surface area contributed by atoms with Crippen molar-refractivity contribution in [3.05, 3.63) is 11.6 Å². The number of hydrogen-bond acceptors (Lipinski definition) is 1. The van der Waals surface area contributed by atoms with Gasteiger partial charge in [0.2, 0.25) is 0 Å². The molecule has 60 valence electrons. The molecule has 0 aromatic carbocycles. The molecule has 1 nitrogen and oxygen atoms in total. The van der Waals surface area contributed by atoms with Gasteiger partial charge in [0.1, 0.15) is 6.04 Å². The molecule has 2 N–H and O–H groups in total. The van der Waals surface area contributed by atoms with Crippen LogP contribution in [0.4, 0.5) is 13.2 Å². The van der Waals surface area contributed by atoms with Crippen molar-refractivity contribution in [2.45, 2.75) is 26.1 Å². The maximum atomic E-state index is 11.6. The van der Waals surface area contributed by atoms with Gasteiger partial charge in [-0.2, -0.15) is 13.2 Å². The van der Waals surface area contributed by atoms with Crippen LogP contribution >= 0.6 is 0 Å². The molecule has 0 bridgehead atoms. The minimum absolute atomic E-state index is 0.574. The quantitative estimate of drug-likeness (QED) is 0.571. The fraction of sp³-hybridized carbons (Fsp3) is 0.667. The van der Waals surface area contributed by atoms with Crippen LogP contribution in [0.3, 0.4) is 0 Å². The van der Waals surface area contributed by atoms with Crippen molar-refractivity contribution >= 4 is 0 Å². The van der Waals surface area contributed by atoms with E-state index in [-0.39, 0.29) is 0 Å². The highest BCUT2D eigenvalue weighted by atomic mass is 19.4. The molecule has 0 heterocycles. The third-order valence-electron chi connectivity index (χ3n) is 0.891. The summed E-state index contributed by atoms with van der Waals surface area (Å²) in [4.78, 5) is 0. The summed E-state index contributed by atoms with van der Waals surface area (Å²) in [7, 11) is 0. The molecule has 1 atom stereocenters. The summed E-state index contributed by atoms with van der Waals surface area (Å²) in [5, 5.41) is 0. The smallest absolute Gasteiger partial charge is 0.317 e. The zero-order chi connectivity index (χ0) is 8.36. The highest BCUT2D eigenvalue weighted by molar-refractivity contribution is 5.02. The van der Waals surface area contributed by atoms with Crippen LogP contribution in [0.2, 0.25) is 0 Å². The van der Waals surface area contributed by atoms with Crippen LogP contribution in [0, 0.1) is 0 Å². The number of allylic oxidation sites excluding steroid dienone is 1. The van der Waals surface area contributed by atoms with Gasteiger partial charge in [0, 0.05) is 0 Å². The summed E-state index contributed by atoms with van der Waals surface area (Å²) in [6.45, 7) is 3.15. The van der Waals surface area contributed by atoms with E-state index in [1.165, 1.54) is 0 Å². The molecule has 0 saturated heterocycles. The largest absolute Gasteiger partial charge is 0.407 e. The Kier molecular flexibility index (Phi) is 2.90. The molecule has 0 aliphatic heterocycles. The van der Waals surface area contributed by atoms with Crippen molar-refractivity contribution in [3.63, 3.8) is 0 Å². The molecule has 10 heavy (non-hydrogen) atoms. The van der Waals surface area contributed by atoms with Crippen molar-refractivity contribution in [3.8, 4) is 0 Å². The first-order valence-corrected chi connectivity index (χ1v) is 2.81. The highest BCUT2D eigenvalue weighted by Gasteiger charge is 2.34. The summed E-state index contributed by atoms with van der Waals surface area (Å²) >= 11 is 0. The first-order chi connectivity index (χ1) is 4.34. The summed E-state index contributed by atoms with van der Waals surface area (Å²) in [6, 6.07) is -1.82. The van der Waals surface area contributed by atoms with Gasteiger partial charge in [-0.3, -0.25) is 0 Å². The van der Waals surface area contributed by atoms with E-state index in [0.717, 1.165) is 6.08 Å². The van der Waals surface area contributed by atoms with Crippen LogP contribution in [-0.2, 0) is 0 Å². The molecule has 0 saturated carbocycles. The second-order valence-corrected chi connectivity index (χ2v) is 2.31. The molecule has 0 aliphatic carbocycles. The van der Waals surface area contributed by atoms with Gasteiger partial charge in [0.05, 0.1) is 0 Å². The Balaban J connectivity index is 4.11. The van der Waals surface area contributed by atoms with E-state index in [1.807, 2.05) is 0 Å². The van der Waals surface area contributed by atoms with Crippen molar-refractivity contribution in [2.24, 2.45) is 5.73 Å². The van der Waals surface area contributed by atoms with Gasteiger partial charge in [0.15, 0.2) is 0 Å². The van der Waals surface area contributed by atoms with E-state index in [4.69, 9.17) is 5.73 Å². The van der Waals surface area contributed by atoms with Crippen LogP contribution in [0.25, 0.3) is 0 Å². The summed E-state index contributed by atoms with van der Waals surface area (Å²) in [6.07, 6.45) is -3.32. The Morgan fingerprint density at radius 1 is 1.40 bits per heavy atom. The van der Waals surface area contributed by atoms with Crippen LogP contribution in [0.15, 0.2) is 11.6 Å². The summed E-state index contributed by atoms with van der Waals surface area (Å²) < 4.78 is 34.9. The Morgan fingerprint density at radius 2 is 1.80 bits per heavy atom. The topological polar surface area (TPSA) is 26.0 Å². The molecule has 0 fully saturated rings. The lowest BCUT2D eigenvalue weighted by molar-refractivity contribution is -0.137. The van der Waals surface area contributed by atoms with E-state index in [1.54, 1.807) is 13.8 Å². The maximum absolute atomic E-state index is 11.6. The van der Waals surface area contributed by atoms with Gasteiger partial charge in [-0.15, -0.1) is 0 Å². The Hall–Kier alpha value is -0.510. The van der Waals surface area contributed by atoms with Crippen molar-refractivity contribution in [2.75, 3.05) is 0 Å². The van der Waals surface area contributed by atoms with Crippen molar-refractivity contribution in [1.82, 2.24) is 0 Å². The molecule has 1 unspecified atom stereocenters. The number of alkyl halides is 3. The van der Waals surface area contributed by atoms with Crippen LogP contribution in [0.5, 0.6) is 0 Å². The number of hydrogen-bond donors (Lipinski definition) is 1. The second-order valence-electron chi connectivity index (χ2n) is 2.31. The fourth-order valence-corrected chi connectivity index (χ4v) is 0.454. The lowest BCUT2D eigenvalue weighted by atomic mass is 10.2. The normalized spacial score (nSPS) is 14.6. The molecule has 0 aromatic rings. The predicted octanol–water partition coefficient (Wildman–Crippen LogP) is 1.84. The predicted molar refractivity (Wildman–Crippen MR) is 33.5 cm³/mol. The molecule has 0 spiro atoms. The SMILES string of the molecule is CC(C)=CC(N)C(F)(F)F. The van der Waals surface area contributed by atoms with Crippen LogP contribution in [0.1, 0.15) is 13.8 Å². The minimum atomic E-state index is -4.31. The summed E-state index contributed by atoms with van der Waals surface area (Å²) in [5.74, 6) is 0. The third kappa shape index (κ3) is 3.50. The van der Waals surface area contributed by atoms with Gasteiger partial charge in [0.25, 0.3) is 0 Å². The lowest BCUT2D eigenvalue weighted by Crippen LogP contribution is -2.35. The van der Waals surface area contributed by atoms with E-state index >= 15 is 0 Å². The monoisotopic (exact) mass is 153 g/mol. The Morgan fingerprint density at radius 3 is 1.90 bits per heavy atom. The first kappa shape index (κ1) is 9.49. The van der Waals surface area contributed by atoms with Gasteiger partial charge in [-0.05, 0) is 13.8 Å². The molecule has 0 amide bonds. The molecule has 0 rings (SSSR count). The van der Waals surface area contributed by atoms with E-state index in [0.29, 0.717) is 5.57 Å². The molecule has 0 aliphatic rings. The zero-order valence-electron chi connectivity index (χ0n) is 5.87. The Labute approximate surface area is 57.7 Å². The lowest BCUT2D eigenvalue weighted by Gasteiger charge is -2.11. The fourth-order valence-electron chi connectivity index (χ4n) is 0.454. The standard InChI is InChI=1S/C6H10F3N/c1-4(2)3-5(10)6(7,8)9/h3,5H,10H2,1-2H3. The minimum Gasteiger partial charge on any atom is -0.317 e. The average molecular weight is 153 g/mol. The van der Waals surface area contributed by atoms with E-state index in [2.05, 4.69) is 0 Å². The van der Waals surface area contributed by atoms with E-state index < -0.39 is 12.2 Å². The number of nitrogens with two attached hydrogens (primary N) is 1. The van der Waals surface area contributed by atoms with Gasteiger partial charge in [-0.25, -0.2) is 0 Å². The molecule has 0 aromatic heterocycles. The van der Waals surface area contributed by atoms with Crippen molar-refractivity contribution < 1.29 is 13.2 Å². The first-order valence-electron chi connectivity index (χ1n) is 2.81. The second kappa shape index (κ2) is 3.05. The zero-order valence-corrected chi connectivity index (χ0v) is 5.87. The van der Waals surface area contributed by atoms with E-state index in [9.17, 15) is 13.2 Å². The number of halogens is 3. The average Bonchev–Trinajstić information content (AvgIpc) is 1.60. The Bertz CT molecular complexity index is 132. The molecular weight excluding hydrogens is 143 g/mol. The summed E-state index contributed by atoms with van der Waals surface area (Å²) in [5.41, 5.74) is 5.32. The number of rotatable bonds is 1. The van der Waals surface area contributed by atoms with Crippen LogP contribution < -0.4 is 5.73 Å². The molecular formula is C6H10F3N. The van der Waals surface area contributed by atoms with Crippen molar-refractivity contribution in [1.29, 1.82) is 0 Å². The van der Waals surface area contributed by atoms with Gasteiger partial charge < -0.3 is 5.73 Å². The van der Waals surface area contributed by atoms with Gasteiger partial charge in [-0.1, -0.05) is 11.6 Å².